The van der Waals surface area contributed by atoms with Gasteiger partial charge in [0.2, 0.25) is 10.0 Å². The van der Waals surface area contributed by atoms with Crippen LogP contribution in [0.25, 0.3) is 0 Å². The molecule has 0 saturated carbocycles. The number of nitrogens with zero attached hydrogens (tertiary/aromatic N) is 1. The molecule has 1 saturated heterocycles. The number of allylic oxidation sites excluding steroid dienone is 3. The fourth-order valence-corrected chi connectivity index (χ4v) is 3.81. The van der Waals surface area contributed by atoms with Gasteiger partial charge < -0.3 is 4.74 Å². The van der Waals surface area contributed by atoms with E-state index in [1.807, 2.05) is 0 Å². The molecule has 0 bridgehead atoms. The Kier molecular flexibility index (Phi) is 5.52. The summed E-state index contributed by atoms with van der Waals surface area (Å²) in [5.41, 5.74) is 0. The number of hydrogen-bond acceptors (Lipinski definition) is 4. The minimum absolute atomic E-state index is 0.0751. The van der Waals surface area contributed by atoms with Crippen molar-refractivity contribution in [3.8, 4) is 5.75 Å². The second kappa shape index (κ2) is 7.39. The Balaban J connectivity index is 2.35. The summed E-state index contributed by atoms with van der Waals surface area (Å²) < 4.78 is 32.6. The average Bonchev–Trinajstić information content (AvgIpc) is 2.55. The van der Waals surface area contributed by atoms with Crippen molar-refractivity contribution in [3.05, 3.63) is 61.4 Å². The Morgan fingerprint density at radius 3 is 2.43 bits per heavy atom. The zero-order valence-electron chi connectivity index (χ0n) is 12.8. The highest BCUT2D eigenvalue weighted by Gasteiger charge is 2.30. The van der Waals surface area contributed by atoms with E-state index in [1.54, 1.807) is 24.3 Å². The summed E-state index contributed by atoms with van der Waals surface area (Å²) in [5, 5.41) is 0. The van der Waals surface area contributed by atoms with Gasteiger partial charge in [0.1, 0.15) is 22.2 Å². The molecule has 1 aliphatic heterocycles. The van der Waals surface area contributed by atoms with Gasteiger partial charge in [0.25, 0.3) is 0 Å². The molecule has 1 fully saturated rings. The van der Waals surface area contributed by atoms with E-state index in [4.69, 9.17) is 4.74 Å². The molecule has 0 spiro atoms. The van der Waals surface area contributed by atoms with Crippen molar-refractivity contribution < 1.29 is 17.9 Å². The van der Waals surface area contributed by atoms with Gasteiger partial charge in [-0.1, -0.05) is 31.4 Å². The number of Topliss-reactive ketones (excluding diaryl/α,β-unsaturated/α-hetero) is 1. The number of ether oxygens (including phenoxy) is 1. The summed E-state index contributed by atoms with van der Waals surface area (Å²) in [7, 11) is -3.72. The third-order valence-corrected chi connectivity index (χ3v) is 5.40. The zero-order valence-corrected chi connectivity index (χ0v) is 13.6. The molecule has 1 heterocycles. The third kappa shape index (κ3) is 3.97. The number of hydrogen-bond donors (Lipinski definition) is 0. The Bertz CT molecular complexity index is 740. The van der Waals surface area contributed by atoms with Crippen LogP contribution < -0.4 is 4.74 Å². The molecule has 6 heteroatoms. The number of sulfonamides is 1. The van der Waals surface area contributed by atoms with Crippen molar-refractivity contribution in [1.29, 1.82) is 0 Å². The molecule has 0 N–H and O–H groups in total. The van der Waals surface area contributed by atoms with Gasteiger partial charge >= 0.3 is 0 Å². The number of ketones is 1. The molecule has 0 amide bonds. The molecule has 2 rings (SSSR count). The summed E-state index contributed by atoms with van der Waals surface area (Å²) in [5.74, 6) is 0.706. The highest BCUT2D eigenvalue weighted by Crippen LogP contribution is 2.29. The van der Waals surface area contributed by atoms with E-state index in [-0.39, 0.29) is 42.4 Å². The van der Waals surface area contributed by atoms with E-state index in [9.17, 15) is 13.2 Å². The molecule has 0 aliphatic carbocycles. The Hall–Kier alpha value is -2.18. The van der Waals surface area contributed by atoms with Crippen LogP contribution in [0.4, 0.5) is 0 Å². The topological polar surface area (TPSA) is 63.7 Å². The highest BCUT2D eigenvalue weighted by atomic mass is 32.2. The first-order valence-corrected chi connectivity index (χ1v) is 8.67. The van der Waals surface area contributed by atoms with Crippen molar-refractivity contribution in [2.75, 3.05) is 13.1 Å². The van der Waals surface area contributed by atoms with Crippen LogP contribution in [0.2, 0.25) is 0 Å². The number of carbonyl (C=O) groups excluding carboxylic acids is 1. The largest absolute Gasteiger partial charge is 0.456 e. The molecule has 0 atom stereocenters. The first-order valence-electron chi connectivity index (χ1n) is 7.23. The number of benzene rings is 1. The number of para-hydroxylation sites is 1. The summed E-state index contributed by atoms with van der Waals surface area (Å²) in [4.78, 5) is 11.4. The van der Waals surface area contributed by atoms with Crippen LogP contribution in [0.1, 0.15) is 12.8 Å². The van der Waals surface area contributed by atoms with Gasteiger partial charge in [-0.3, -0.25) is 4.79 Å². The average molecular weight is 333 g/mol. The van der Waals surface area contributed by atoms with E-state index in [1.165, 1.54) is 22.5 Å². The van der Waals surface area contributed by atoms with Crippen LogP contribution >= 0.6 is 0 Å². The van der Waals surface area contributed by atoms with Crippen LogP contribution in [-0.2, 0) is 14.8 Å². The quantitative estimate of drug-likeness (QED) is 0.593. The lowest BCUT2D eigenvalue weighted by Crippen LogP contribution is -2.38. The van der Waals surface area contributed by atoms with Crippen molar-refractivity contribution in [3.63, 3.8) is 0 Å². The summed E-state index contributed by atoms with van der Waals surface area (Å²) >= 11 is 0. The number of rotatable bonds is 6. The smallest absolute Gasteiger partial charge is 0.246 e. The minimum atomic E-state index is -3.72. The fraction of sp³-hybridized carbons (Fsp3) is 0.235. The number of carbonyl (C=O) groups is 1. The molecule has 1 aromatic rings. The predicted octanol–water partition coefficient (Wildman–Crippen LogP) is 2.67. The molecule has 1 aromatic carbocycles. The molecule has 1 aliphatic rings. The highest BCUT2D eigenvalue weighted by molar-refractivity contribution is 7.89. The maximum atomic E-state index is 12.8. The van der Waals surface area contributed by atoms with Crippen LogP contribution in [0, 0.1) is 0 Å². The lowest BCUT2D eigenvalue weighted by atomic mass is 10.1. The summed E-state index contributed by atoms with van der Waals surface area (Å²) in [6.07, 6.45) is 5.10. The van der Waals surface area contributed by atoms with Gasteiger partial charge in [-0.25, -0.2) is 8.42 Å². The molecule has 0 radical (unpaired) electrons. The van der Waals surface area contributed by atoms with Crippen molar-refractivity contribution in [2.24, 2.45) is 0 Å². The first-order chi connectivity index (χ1) is 11.0. The maximum absolute atomic E-state index is 12.8. The SMILES string of the molecule is C=CC=C(C=C)Oc1ccccc1S(=O)(=O)N1CCC(=O)CC1. The van der Waals surface area contributed by atoms with Crippen LogP contribution in [-0.4, -0.2) is 31.6 Å². The van der Waals surface area contributed by atoms with E-state index < -0.39 is 10.0 Å². The second-order valence-electron chi connectivity index (χ2n) is 5.00. The molecular weight excluding hydrogens is 314 g/mol. The van der Waals surface area contributed by atoms with Crippen molar-refractivity contribution in [2.45, 2.75) is 17.7 Å². The van der Waals surface area contributed by atoms with Crippen LogP contribution in [0.15, 0.2) is 66.3 Å². The monoisotopic (exact) mass is 333 g/mol. The van der Waals surface area contributed by atoms with Gasteiger partial charge in [-0.2, -0.15) is 4.31 Å². The van der Waals surface area contributed by atoms with E-state index in [2.05, 4.69) is 13.2 Å². The molecular formula is C17H19NO4S. The van der Waals surface area contributed by atoms with E-state index >= 15 is 0 Å². The van der Waals surface area contributed by atoms with E-state index in [0.29, 0.717) is 5.76 Å². The third-order valence-electron chi connectivity index (χ3n) is 3.46. The second-order valence-corrected chi connectivity index (χ2v) is 6.91. The fourth-order valence-electron chi connectivity index (χ4n) is 2.25. The van der Waals surface area contributed by atoms with Crippen LogP contribution in [0.5, 0.6) is 5.75 Å². The minimum Gasteiger partial charge on any atom is -0.456 e. The molecule has 0 aromatic heterocycles. The van der Waals surface area contributed by atoms with Crippen molar-refractivity contribution in [1.82, 2.24) is 4.31 Å². The lowest BCUT2D eigenvalue weighted by Gasteiger charge is -2.26. The molecule has 5 nitrogen and oxygen atoms in total. The standard InChI is InChI=1S/C17H19NO4S/c1-3-7-15(4-2)22-16-8-5-6-9-17(16)23(20,21)18-12-10-14(19)11-13-18/h3-9H,1-2,10-13H2. The zero-order chi connectivity index (χ0) is 16.9. The first kappa shape index (κ1) is 17.2. The number of piperidine rings is 1. The summed E-state index contributed by atoms with van der Waals surface area (Å²) in [6, 6.07) is 6.42. The Morgan fingerprint density at radius 2 is 1.83 bits per heavy atom. The van der Waals surface area contributed by atoms with Gasteiger partial charge in [0.05, 0.1) is 0 Å². The Morgan fingerprint density at radius 1 is 1.17 bits per heavy atom. The Labute approximate surface area is 136 Å². The van der Waals surface area contributed by atoms with E-state index in [0.717, 1.165) is 0 Å². The lowest BCUT2D eigenvalue weighted by molar-refractivity contribution is -0.120. The van der Waals surface area contributed by atoms with Gasteiger partial charge in [0.15, 0.2) is 0 Å². The molecule has 0 unspecified atom stereocenters. The van der Waals surface area contributed by atoms with Gasteiger partial charge in [-0.05, 0) is 24.3 Å². The molecule has 23 heavy (non-hydrogen) atoms. The van der Waals surface area contributed by atoms with Gasteiger partial charge in [0, 0.05) is 25.9 Å². The van der Waals surface area contributed by atoms with Gasteiger partial charge in [-0.15, -0.1) is 0 Å². The van der Waals surface area contributed by atoms with Crippen LogP contribution in [0.3, 0.4) is 0 Å². The normalized spacial score (nSPS) is 16.9. The van der Waals surface area contributed by atoms with Crippen molar-refractivity contribution >= 4 is 15.8 Å². The predicted molar refractivity (Wildman–Crippen MR) is 88.5 cm³/mol. The molecule has 122 valence electrons. The maximum Gasteiger partial charge on any atom is 0.246 e. The summed E-state index contributed by atoms with van der Waals surface area (Å²) in [6.45, 7) is 7.61.